The smallest absolute Gasteiger partial charge is 0.161 e. The van der Waals surface area contributed by atoms with Gasteiger partial charge in [-0.15, -0.1) is 0 Å². The Balaban J connectivity index is 1.78. The molecule has 6 unspecified atom stereocenters. The van der Waals surface area contributed by atoms with Gasteiger partial charge in [0.1, 0.15) is 5.60 Å². The van der Waals surface area contributed by atoms with Gasteiger partial charge in [0.25, 0.3) is 0 Å². The van der Waals surface area contributed by atoms with Gasteiger partial charge in [-0.3, -0.25) is 4.79 Å². The molecular weight excluding hydrogens is 424 g/mol. The summed E-state index contributed by atoms with van der Waals surface area (Å²) in [6.45, 7) is 15.3. The van der Waals surface area contributed by atoms with E-state index in [1.165, 1.54) is 11.1 Å². The van der Waals surface area contributed by atoms with Gasteiger partial charge in [-0.1, -0.05) is 56.2 Å². The highest BCUT2D eigenvalue weighted by atomic mass is 16.5. The van der Waals surface area contributed by atoms with E-state index in [4.69, 9.17) is 4.74 Å². The van der Waals surface area contributed by atoms with E-state index < -0.39 is 16.6 Å². The number of aliphatic hydroxyl groups excluding tert-OH is 2. The molecule has 0 radical (unpaired) electrons. The van der Waals surface area contributed by atoms with Crippen molar-refractivity contribution < 1.29 is 19.7 Å². The summed E-state index contributed by atoms with van der Waals surface area (Å²) in [5.74, 6) is 1.11. The molecular formula is C30H48O4. The first-order valence-corrected chi connectivity index (χ1v) is 13.3. The number of allylic oxidation sites excluding steroid dienone is 6. The number of ketones is 1. The van der Waals surface area contributed by atoms with Crippen LogP contribution in [0.25, 0.3) is 0 Å². The molecule has 4 heteroatoms. The number of Topliss-reactive ketones (excluding diaryl/α,β-unsaturated/α-hetero) is 1. The highest BCUT2D eigenvalue weighted by Crippen LogP contribution is 2.67. The van der Waals surface area contributed by atoms with Gasteiger partial charge in [-0.05, 0) is 84.0 Å². The lowest BCUT2D eigenvalue weighted by atomic mass is 9.53. The average Bonchev–Trinajstić information content (AvgIpc) is 3.24. The van der Waals surface area contributed by atoms with Crippen molar-refractivity contribution in [2.45, 2.75) is 105 Å². The summed E-state index contributed by atoms with van der Waals surface area (Å²) in [5.41, 5.74) is 1.16. The largest absolute Gasteiger partial charge is 0.396 e. The van der Waals surface area contributed by atoms with Crippen LogP contribution >= 0.6 is 0 Å². The number of carbonyl (C=O) groups is 1. The molecule has 1 aliphatic carbocycles. The number of ether oxygens (including phenoxy) is 1. The van der Waals surface area contributed by atoms with Gasteiger partial charge >= 0.3 is 0 Å². The Morgan fingerprint density at radius 3 is 2.53 bits per heavy atom. The van der Waals surface area contributed by atoms with Crippen LogP contribution in [0.4, 0.5) is 0 Å². The van der Waals surface area contributed by atoms with Gasteiger partial charge < -0.3 is 14.9 Å². The van der Waals surface area contributed by atoms with E-state index >= 15 is 0 Å². The summed E-state index contributed by atoms with van der Waals surface area (Å²) in [6, 6.07) is 0. The molecule has 2 bridgehead atoms. The predicted molar refractivity (Wildman–Crippen MR) is 138 cm³/mol. The van der Waals surface area contributed by atoms with Crippen molar-refractivity contribution in [2.75, 3.05) is 13.2 Å². The summed E-state index contributed by atoms with van der Waals surface area (Å²) >= 11 is 0. The molecule has 192 valence electrons. The van der Waals surface area contributed by atoms with Crippen LogP contribution in [-0.4, -0.2) is 40.4 Å². The number of carbonyl (C=O) groups excluding carboxylic acids is 1. The van der Waals surface area contributed by atoms with Crippen LogP contribution < -0.4 is 0 Å². The van der Waals surface area contributed by atoms with Gasteiger partial charge in [0.05, 0.1) is 12.2 Å². The Morgan fingerprint density at radius 2 is 1.91 bits per heavy atom. The van der Waals surface area contributed by atoms with Gasteiger partial charge in [-0.25, -0.2) is 0 Å². The van der Waals surface area contributed by atoms with Gasteiger partial charge in [0, 0.05) is 23.9 Å². The number of hydrogen-bond acceptors (Lipinski definition) is 4. The van der Waals surface area contributed by atoms with Gasteiger partial charge in [0.2, 0.25) is 0 Å². The second-order valence-electron chi connectivity index (χ2n) is 12.2. The lowest BCUT2D eigenvalue weighted by Gasteiger charge is -2.47. The maximum Gasteiger partial charge on any atom is 0.161 e. The van der Waals surface area contributed by atoms with Crippen molar-refractivity contribution in [2.24, 2.45) is 28.6 Å². The maximum atomic E-state index is 12.8. The second kappa shape index (κ2) is 10.0. The van der Waals surface area contributed by atoms with Crippen LogP contribution in [0.5, 0.6) is 0 Å². The molecule has 2 N–H and O–H groups in total. The molecule has 2 fully saturated rings. The highest BCUT2D eigenvalue weighted by molar-refractivity contribution is 5.86. The minimum Gasteiger partial charge on any atom is -0.396 e. The molecule has 0 aromatic heterocycles. The molecule has 34 heavy (non-hydrogen) atoms. The summed E-state index contributed by atoms with van der Waals surface area (Å²) in [4.78, 5) is 12.8. The second-order valence-corrected chi connectivity index (χ2v) is 12.2. The molecule has 0 amide bonds. The third kappa shape index (κ3) is 4.40. The van der Waals surface area contributed by atoms with Crippen molar-refractivity contribution in [3.8, 4) is 0 Å². The zero-order valence-corrected chi connectivity index (χ0v) is 22.6. The SMILES string of the molecule is CC(=O)C12CCC(C)(O1)C(CO)(CCC=C(C)C=CC1C(C)=CCC(C)C1(C)C)C2CCCO. The Kier molecular flexibility index (Phi) is 8.07. The minimum atomic E-state index is -0.807. The molecule has 0 saturated carbocycles. The van der Waals surface area contributed by atoms with Crippen LogP contribution in [0.2, 0.25) is 0 Å². The van der Waals surface area contributed by atoms with Crippen molar-refractivity contribution in [3.63, 3.8) is 0 Å². The topological polar surface area (TPSA) is 66.8 Å². The Labute approximate surface area is 207 Å². The van der Waals surface area contributed by atoms with Crippen molar-refractivity contribution in [3.05, 3.63) is 35.5 Å². The normalized spacial score (nSPS) is 39.6. The predicted octanol–water partition coefficient (Wildman–Crippen LogP) is 6.18. The fourth-order valence-electron chi connectivity index (χ4n) is 7.39. The van der Waals surface area contributed by atoms with Crippen LogP contribution in [0.15, 0.2) is 35.5 Å². The van der Waals surface area contributed by atoms with E-state index in [0.29, 0.717) is 24.7 Å². The highest BCUT2D eigenvalue weighted by Gasteiger charge is 2.73. The first kappa shape index (κ1) is 27.4. The third-order valence-corrected chi connectivity index (χ3v) is 10.2. The Morgan fingerprint density at radius 1 is 1.21 bits per heavy atom. The van der Waals surface area contributed by atoms with Crippen molar-refractivity contribution in [1.29, 1.82) is 0 Å². The molecule has 2 aliphatic heterocycles. The Bertz CT molecular complexity index is 852. The fraction of sp³-hybridized carbons (Fsp3) is 0.767. The maximum absolute atomic E-state index is 12.8. The molecule has 3 aliphatic rings. The average molecular weight is 473 g/mol. The van der Waals surface area contributed by atoms with E-state index in [0.717, 1.165) is 32.1 Å². The molecule has 0 aromatic carbocycles. The van der Waals surface area contributed by atoms with Crippen molar-refractivity contribution >= 4 is 5.78 Å². The quantitative estimate of drug-likeness (QED) is 0.294. The lowest BCUT2D eigenvalue weighted by Crippen LogP contribution is -2.54. The first-order chi connectivity index (χ1) is 15.9. The number of hydrogen-bond donors (Lipinski definition) is 2. The third-order valence-electron chi connectivity index (χ3n) is 10.2. The summed E-state index contributed by atoms with van der Waals surface area (Å²) in [7, 11) is 0. The van der Waals surface area contributed by atoms with Gasteiger partial charge in [-0.2, -0.15) is 0 Å². The first-order valence-electron chi connectivity index (χ1n) is 13.3. The van der Waals surface area contributed by atoms with E-state index in [9.17, 15) is 15.0 Å². The molecule has 2 saturated heterocycles. The molecule has 0 aromatic rings. The van der Waals surface area contributed by atoms with Crippen molar-refractivity contribution in [1.82, 2.24) is 0 Å². The summed E-state index contributed by atoms with van der Waals surface area (Å²) in [5, 5.41) is 20.2. The van der Waals surface area contributed by atoms with Crippen LogP contribution in [0, 0.1) is 28.6 Å². The minimum absolute atomic E-state index is 0.00942. The van der Waals surface area contributed by atoms with E-state index in [1.807, 2.05) is 0 Å². The lowest BCUT2D eigenvalue weighted by molar-refractivity contribution is -0.142. The fourth-order valence-corrected chi connectivity index (χ4v) is 7.39. The van der Waals surface area contributed by atoms with Crippen LogP contribution in [-0.2, 0) is 9.53 Å². The number of aliphatic hydroxyl groups is 2. The number of fused-ring (bicyclic) bond motifs is 2. The van der Waals surface area contributed by atoms with E-state index in [1.54, 1.807) is 6.92 Å². The molecule has 0 spiro atoms. The standard InChI is InChI=1S/C30H48O4/c1-21(12-15-25-22(2)13-14-23(3)27(25,5)6)10-8-16-29(20-32)26(11-9-19-31)30(24(4)33)18-17-28(29,7)34-30/h10,12-13,15,23,25-26,31-32H,8-9,11,14,16-20H2,1-7H3. The van der Waals surface area contributed by atoms with Crippen LogP contribution in [0.1, 0.15) is 93.4 Å². The Hall–Kier alpha value is -1.23. The molecule has 6 atom stereocenters. The zero-order valence-electron chi connectivity index (χ0n) is 22.6. The molecule has 3 rings (SSSR count). The molecule has 2 heterocycles. The zero-order chi connectivity index (χ0) is 25.4. The van der Waals surface area contributed by atoms with Crippen LogP contribution in [0.3, 0.4) is 0 Å². The van der Waals surface area contributed by atoms with E-state index in [2.05, 4.69) is 65.8 Å². The summed E-state index contributed by atoms with van der Waals surface area (Å²) < 4.78 is 6.52. The monoisotopic (exact) mass is 472 g/mol. The van der Waals surface area contributed by atoms with E-state index in [-0.39, 0.29) is 30.3 Å². The molecule has 4 nitrogen and oxygen atoms in total. The summed E-state index contributed by atoms with van der Waals surface area (Å²) in [6.07, 6.45) is 14.9. The van der Waals surface area contributed by atoms with Gasteiger partial charge in [0.15, 0.2) is 5.78 Å². The number of rotatable bonds is 10.